The zero-order valence-corrected chi connectivity index (χ0v) is 28.6. The van der Waals surface area contributed by atoms with Gasteiger partial charge in [0, 0.05) is 6.42 Å². The van der Waals surface area contributed by atoms with Gasteiger partial charge < -0.3 is 10.4 Å². The van der Waals surface area contributed by atoms with E-state index in [0.717, 1.165) is 57.8 Å². The first-order valence-electron chi connectivity index (χ1n) is 17.7. The summed E-state index contributed by atoms with van der Waals surface area (Å²) < 4.78 is 32.3. The first-order valence-corrected chi connectivity index (χ1v) is 19.3. The van der Waals surface area contributed by atoms with Crippen LogP contribution < -0.4 is 5.32 Å². The van der Waals surface area contributed by atoms with Crippen LogP contribution in [-0.4, -0.2) is 41.9 Å². The molecule has 0 aromatic rings. The molecule has 0 spiro atoms. The lowest BCUT2D eigenvalue weighted by Crippen LogP contribution is -2.46. The Bertz CT molecular complexity index is 821. The molecule has 0 fully saturated rings. The van der Waals surface area contributed by atoms with Crippen LogP contribution in [0.5, 0.6) is 0 Å². The van der Waals surface area contributed by atoms with E-state index in [2.05, 4.69) is 43.5 Å². The topological polar surface area (TPSA) is 104 Å². The second kappa shape index (κ2) is 30.6. The lowest BCUT2D eigenvalue weighted by atomic mass is 10.0. The van der Waals surface area contributed by atoms with Crippen molar-refractivity contribution in [1.29, 1.82) is 0 Å². The summed E-state index contributed by atoms with van der Waals surface area (Å²) in [6, 6.07) is -1.06. The van der Waals surface area contributed by atoms with Gasteiger partial charge in [0.05, 0.1) is 17.9 Å². The summed E-state index contributed by atoms with van der Waals surface area (Å²) in [6.07, 6.45) is 38.3. The molecule has 7 heteroatoms. The van der Waals surface area contributed by atoms with Gasteiger partial charge in [0.15, 0.2) is 0 Å². The number of hydrogen-bond donors (Lipinski definition) is 3. The summed E-state index contributed by atoms with van der Waals surface area (Å²) >= 11 is 0. The molecule has 0 bridgehead atoms. The van der Waals surface area contributed by atoms with Crippen LogP contribution in [0.15, 0.2) is 36.5 Å². The molecular formula is C36H67NO5S. The van der Waals surface area contributed by atoms with Gasteiger partial charge in [0.25, 0.3) is 10.1 Å². The molecule has 2 atom stereocenters. The molecule has 6 nitrogen and oxygen atoms in total. The molecular weight excluding hydrogens is 558 g/mol. The fourth-order valence-electron chi connectivity index (χ4n) is 5.11. The fraction of sp³-hybridized carbons (Fsp3) is 0.806. The number of carbonyl (C=O) groups is 1. The Kier molecular flexibility index (Phi) is 29.6. The first kappa shape index (κ1) is 41.6. The van der Waals surface area contributed by atoms with E-state index in [1.807, 2.05) is 6.08 Å². The molecule has 1 amide bonds. The highest BCUT2D eigenvalue weighted by atomic mass is 32.2. The summed E-state index contributed by atoms with van der Waals surface area (Å²) in [5.74, 6) is -0.998. The molecule has 0 aliphatic carbocycles. The van der Waals surface area contributed by atoms with E-state index in [0.29, 0.717) is 6.42 Å². The van der Waals surface area contributed by atoms with E-state index >= 15 is 0 Å². The van der Waals surface area contributed by atoms with Gasteiger partial charge in [0.2, 0.25) is 5.91 Å². The minimum atomic E-state index is -4.34. The predicted molar refractivity (Wildman–Crippen MR) is 184 cm³/mol. The number of aliphatic hydroxyl groups excluding tert-OH is 1. The second-order valence-corrected chi connectivity index (χ2v) is 13.6. The average Bonchev–Trinajstić information content (AvgIpc) is 2.96. The Morgan fingerprint density at radius 2 is 1.07 bits per heavy atom. The number of unbranched alkanes of at least 4 members (excludes halogenated alkanes) is 19. The smallest absolute Gasteiger partial charge is 0.267 e. The highest BCUT2D eigenvalue weighted by Gasteiger charge is 2.24. The molecule has 0 aliphatic rings. The van der Waals surface area contributed by atoms with Crippen LogP contribution >= 0.6 is 0 Å². The van der Waals surface area contributed by atoms with Crippen molar-refractivity contribution >= 4 is 16.0 Å². The van der Waals surface area contributed by atoms with E-state index < -0.39 is 28.0 Å². The van der Waals surface area contributed by atoms with Crippen molar-refractivity contribution in [2.45, 2.75) is 180 Å². The van der Waals surface area contributed by atoms with Crippen molar-refractivity contribution in [1.82, 2.24) is 5.32 Å². The maximum Gasteiger partial charge on any atom is 0.267 e. The van der Waals surface area contributed by atoms with E-state index in [4.69, 9.17) is 0 Å². The standard InChI is InChI=1S/C36H67NO5S/c1-3-5-7-9-11-13-15-17-19-21-23-25-27-29-31-35(38)34(33-43(40,41)42)37-36(39)32-30-28-26-24-22-20-18-16-14-12-10-8-6-4-2/h10,12,16,18,29,31,34-35,38H,3-9,11,13-15,17,19-28,30,32-33H2,1-2H3,(H,37,39)(H,40,41,42)/b12-10-,18-16-,31-29+. The number of amides is 1. The SMILES string of the molecule is CCCC/C=C\C/C=C\CCCCCCCC(=O)NC(CS(=O)(=O)O)C(O)/C=C/CCCCCCCCCCCCCC. The van der Waals surface area contributed by atoms with Crippen LogP contribution in [-0.2, 0) is 14.9 Å². The molecule has 0 saturated heterocycles. The molecule has 0 saturated carbocycles. The molecule has 0 radical (unpaired) electrons. The van der Waals surface area contributed by atoms with Crippen LogP contribution in [0.25, 0.3) is 0 Å². The fourth-order valence-corrected chi connectivity index (χ4v) is 5.85. The van der Waals surface area contributed by atoms with Gasteiger partial charge in [-0.3, -0.25) is 9.35 Å². The minimum Gasteiger partial charge on any atom is -0.387 e. The summed E-state index contributed by atoms with van der Waals surface area (Å²) in [5.41, 5.74) is 0. The number of carbonyl (C=O) groups excluding carboxylic acids is 1. The van der Waals surface area contributed by atoms with Crippen molar-refractivity contribution in [3.05, 3.63) is 36.5 Å². The summed E-state index contributed by atoms with van der Waals surface area (Å²) in [6.45, 7) is 4.45. The van der Waals surface area contributed by atoms with E-state index in [-0.39, 0.29) is 12.3 Å². The highest BCUT2D eigenvalue weighted by Crippen LogP contribution is 2.13. The van der Waals surface area contributed by atoms with Crippen molar-refractivity contribution < 1.29 is 22.9 Å². The maximum absolute atomic E-state index is 12.4. The summed E-state index contributed by atoms with van der Waals surface area (Å²) in [7, 11) is -4.34. The number of rotatable bonds is 31. The van der Waals surface area contributed by atoms with Crippen molar-refractivity contribution in [2.24, 2.45) is 0 Å². The third-order valence-corrected chi connectivity index (χ3v) is 8.59. The second-order valence-electron chi connectivity index (χ2n) is 12.1. The Morgan fingerprint density at radius 1 is 0.628 bits per heavy atom. The van der Waals surface area contributed by atoms with Crippen LogP contribution in [0, 0.1) is 0 Å². The number of allylic oxidation sites excluding steroid dienone is 5. The largest absolute Gasteiger partial charge is 0.387 e. The molecule has 43 heavy (non-hydrogen) atoms. The van der Waals surface area contributed by atoms with Gasteiger partial charge in [0.1, 0.15) is 0 Å². The molecule has 0 heterocycles. The summed E-state index contributed by atoms with van der Waals surface area (Å²) in [5, 5.41) is 13.1. The lowest BCUT2D eigenvalue weighted by Gasteiger charge is -2.21. The van der Waals surface area contributed by atoms with Crippen LogP contribution in [0.4, 0.5) is 0 Å². The van der Waals surface area contributed by atoms with Gasteiger partial charge in [-0.15, -0.1) is 0 Å². The average molecular weight is 626 g/mol. The van der Waals surface area contributed by atoms with Crippen molar-refractivity contribution in [3.8, 4) is 0 Å². The van der Waals surface area contributed by atoms with E-state index in [1.165, 1.54) is 83.5 Å². The highest BCUT2D eigenvalue weighted by molar-refractivity contribution is 7.85. The summed E-state index contributed by atoms with van der Waals surface area (Å²) in [4.78, 5) is 12.4. The Labute approximate surface area is 266 Å². The van der Waals surface area contributed by atoms with Crippen molar-refractivity contribution in [2.75, 3.05) is 5.75 Å². The maximum atomic E-state index is 12.4. The van der Waals surface area contributed by atoms with Gasteiger partial charge in [-0.25, -0.2) is 0 Å². The monoisotopic (exact) mass is 625 g/mol. The zero-order valence-electron chi connectivity index (χ0n) is 27.8. The third-order valence-electron chi connectivity index (χ3n) is 7.81. The third kappa shape index (κ3) is 31.8. The van der Waals surface area contributed by atoms with E-state index in [9.17, 15) is 22.9 Å². The van der Waals surface area contributed by atoms with Crippen LogP contribution in [0.1, 0.15) is 168 Å². The predicted octanol–water partition coefficient (Wildman–Crippen LogP) is 9.79. The quantitative estimate of drug-likeness (QED) is 0.0404. The molecule has 252 valence electrons. The molecule has 0 rings (SSSR count). The van der Waals surface area contributed by atoms with Gasteiger partial charge in [-0.05, 0) is 44.9 Å². The molecule has 2 unspecified atom stereocenters. The number of nitrogens with one attached hydrogen (secondary N) is 1. The Balaban J connectivity index is 4.05. The van der Waals surface area contributed by atoms with Gasteiger partial charge in [-0.2, -0.15) is 8.42 Å². The Hall–Kier alpha value is -1.44. The minimum absolute atomic E-state index is 0.279. The molecule has 0 aromatic carbocycles. The van der Waals surface area contributed by atoms with E-state index in [1.54, 1.807) is 6.08 Å². The number of hydrogen-bond acceptors (Lipinski definition) is 4. The molecule has 3 N–H and O–H groups in total. The molecule has 0 aliphatic heterocycles. The zero-order chi connectivity index (χ0) is 31.9. The molecule has 0 aromatic heterocycles. The van der Waals surface area contributed by atoms with Crippen molar-refractivity contribution in [3.63, 3.8) is 0 Å². The van der Waals surface area contributed by atoms with Gasteiger partial charge in [-0.1, -0.05) is 153 Å². The Morgan fingerprint density at radius 3 is 1.58 bits per heavy atom. The first-order chi connectivity index (χ1) is 20.8. The number of aliphatic hydroxyl groups is 1. The van der Waals surface area contributed by atoms with Crippen LogP contribution in [0.2, 0.25) is 0 Å². The van der Waals surface area contributed by atoms with Gasteiger partial charge >= 0.3 is 0 Å². The normalized spacial score (nSPS) is 13.9. The van der Waals surface area contributed by atoms with Crippen LogP contribution in [0.3, 0.4) is 0 Å². The lowest BCUT2D eigenvalue weighted by molar-refractivity contribution is -0.122.